The first-order valence-electron chi connectivity index (χ1n) is 8.49. The molecule has 2 bridgehead atoms. The fraction of sp³-hybridized carbons (Fsp3) is 0.263. The Hall–Kier alpha value is -1.75. The van der Waals surface area contributed by atoms with Gasteiger partial charge in [0.25, 0.3) is 0 Å². The van der Waals surface area contributed by atoms with E-state index in [1.807, 2.05) is 30.5 Å². The first kappa shape index (κ1) is 16.4. The van der Waals surface area contributed by atoms with Gasteiger partial charge in [-0.15, -0.1) is 5.10 Å². The molecule has 2 fully saturated rings. The fourth-order valence-corrected chi connectivity index (χ4v) is 4.97. The number of aromatic nitrogens is 2. The summed E-state index contributed by atoms with van der Waals surface area (Å²) < 4.78 is 0. The van der Waals surface area contributed by atoms with Gasteiger partial charge in [-0.3, -0.25) is 0 Å². The average molecular weight is 406 g/mol. The van der Waals surface area contributed by atoms with Crippen molar-refractivity contribution in [2.75, 3.05) is 22.9 Å². The SMILES string of the molecule is Clc1cc(Cl)cc(N2C[C@@H]3C[C@H]2CN3c2cnnc3c(Cl)cccc23)c1. The Morgan fingerprint density at radius 1 is 0.923 bits per heavy atom. The van der Waals surface area contributed by atoms with E-state index in [0.717, 1.165) is 41.8 Å². The van der Waals surface area contributed by atoms with Crippen LogP contribution in [0.15, 0.2) is 42.6 Å². The van der Waals surface area contributed by atoms with E-state index in [4.69, 9.17) is 34.8 Å². The maximum Gasteiger partial charge on any atom is 0.114 e. The molecule has 0 saturated carbocycles. The van der Waals surface area contributed by atoms with E-state index < -0.39 is 0 Å². The Balaban J connectivity index is 1.47. The molecule has 1 aromatic heterocycles. The zero-order valence-electron chi connectivity index (χ0n) is 13.7. The lowest BCUT2D eigenvalue weighted by Gasteiger charge is -2.37. The van der Waals surface area contributed by atoms with Gasteiger partial charge in [0.05, 0.1) is 16.9 Å². The summed E-state index contributed by atoms with van der Waals surface area (Å²) in [6.07, 6.45) is 2.95. The van der Waals surface area contributed by atoms with Gasteiger partial charge in [0.1, 0.15) is 5.52 Å². The molecule has 0 spiro atoms. The van der Waals surface area contributed by atoms with Crippen molar-refractivity contribution in [2.45, 2.75) is 18.5 Å². The monoisotopic (exact) mass is 404 g/mol. The van der Waals surface area contributed by atoms with Crippen LogP contribution >= 0.6 is 34.8 Å². The average Bonchev–Trinajstić information content (AvgIpc) is 3.21. The third-order valence-corrected chi connectivity index (χ3v) is 6.07. The van der Waals surface area contributed by atoms with Crippen LogP contribution in [-0.4, -0.2) is 35.4 Å². The number of hydrogen-bond donors (Lipinski definition) is 0. The maximum absolute atomic E-state index is 6.29. The van der Waals surface area contributed by atoms with Crippen LogP contribution in [0.3, 0.4) is 0 Å². The molecule has 2 aliphatic heterocycles. The number of benzene rings is 2. The molecule has 26 heavy (non-hydrogen) atoms. The standard InChI is InChI=1S/C19H15Cl3N4/c20-11-4-12(21)6-13(5-11)25-9-15-7-14(25)10-26(15)18-8-23-24-19-16(18)2-1-3-17(19)22/h1-6,8,14-15H,7,9-10H2/t14-,15-/m0/s1. The van der Waals surface area contributed by atoms with Crippen LogP contribution in [0.25, 0.3) is 10.9 Å². The predicted molar refractivity (Wildman–Crippen MR) is 108 cm³/mol. The summed E-state index contributed by atoms with van der Waals surface area (Å²) in [6.45, 7) is 1.87. The van der Waals surface area contributed by atoms with E-state index in [2.05, 4.69) is 26.1 Å². The number of halogens is 3. The van der Waals surface area contributed by atoms with Crippen molar-refractivity contribution in [3.8, 4) is 0 Å². The van der Waals surface area contributed by atoms with E-state index in [0.29, 0.717) is 27.2 Å². The first-order chi connectivity index (χ1) is 12.6. The molecule has 2 saturated heterocycles. The molecule has 2 aliphatic rings. The lowest BCUT2D eigenvalue weighted by molar-refractivity contribution is 0.647. The summed E-state index contributed by atoms with van der Waals surface area (Å²) in [5, 5.41) is 11.4. The second-order valence-electron chi connectivity index (χ2n) is 6.84. The van der Waals surface area contributed by atoms with Crippen molar-refractivity contribution in [3.63, 3.8) is 0 Å². The van der Waals surface area contributed by atoms with Gasteiger partial charge in [0.2, 0.25) is 0 Å². The number of piperazine rings is 1. The molecule has 3 aromatic rings. The molecule has 132 valence electrons. The Morgan fingerprint density at radius 3 is 2.38 bits per heavy atom. The summed E-state index contributed by atoms with van der Waals surface area (Å²) in [7, 11) is 0. The molecule has 5 rings (SSSR count). The molecule has 0 radical (unpaired) electrons. The predicted octanol–water partition coefficient (Wildman–Crippen LogP) is 5.06. The van der Waals surface area contributed by atoms with Gasteiger partial charge in [-0.05, 0) is 30.7 Å². The molecule has 2 atom stereocenters. The summed E-state index contributed by atoms with van der Waals surface area (Å²) >= 11 is 18.7. The van der Waals surface area contributed by atoms with Gasteiger partial charge < -0.3 is 9.80 Å². The van der Waals surface area contributed by atoms with Crippen molar-refractivity contribution in [1.29, 1.82) is 0 Å². The highest BCUT2D eigenvalue weighted by atomic mass is 35.5. The van der Waals surface area contributed by atoms with Gasteiger partial charge in [-0.1, -0.05) is 46.9 Å². The Labute approximate surface area is 166 Å². The minimum Gasteiger partial charge on any atom is -0.365 e. The molecule has 0 unspecified atom stereocenters. The summed E-state index contributed by atoms with van der Waals surface area (Å²) in [5.41, 5.74) is 2.96. The molecule has 0 aliphatic carbocycles. The van der Waals surface area contributed by atoms with Crippen LogP contribution in [0.5, 0.6) is 0 Å². The Bertz CT molecular complexity index is 989. The van der Waals surface area contributed by atoms with Gasteiger partial charge in [0, 0.05) is 46.3 Å². The third kappa shape index (κ3) is 2.59. The molecule has 7 heteroatoms. The highest BCUT2D eigenvalue weighted by Gasteiger charge is 2.44. The number of nitrogens with zero attached hydrogens (tertiary/aromatic N) is 4. The number of hydrogen-bond acceptors (Lipinski definition) is 4. The van der Waals surface area contributed by atoms with Crippen molar-refractivity contribution < 1.29 is 0 Å². The minimum atomic E-state index is 0.420. The van der Waals surface area contributed by atoms with Crippen LogP contribution < -0.4 is 9.80 Å². The number of rotatable bonds is 2. The van der Waals surface area contributed by atoms with Crippen molar-refractivity contribution >= 4 is 57.1 Å². The summed E-state index contributed by atoms with van der Waals surface area (Å²) in [6, 6.07) is 12.5. The van der Waals surface area contributed by atoms with E-state index in [1.165, 1.54) is 0 Å². The molecule has 3 heterocycles. The van der Waals surface area contributed by atoms with E-state index >= 15 is 0 Å². The van der Waals surface area contributed by atoms with Crippen LogP contribution in [0, 0.1) is 0 Å². The maximum atomic E-state index is 6.29. The Kier molecular flexibility index (Phi) is 3.89. The van der Waals surface area contributed by atoms with Crippen molar-refractivity contribution in [3.05, 3.63) is 57.7 Å². The molecular formula is C19H15Cl3N4. The van der Waals surface area contributed by atoms with Gasteiger partial charge in [-0.25, -0.2) is 0 Å². The Morgan fingerprint density at radius 2 is 1.65 bits per heavy atom. The quantitative estimate of drug-likeness (QED) is 0.597. The molecule has 0 N–H and O–H groups in total. The second-order valence-corrected chi connectivity index (χ2v) is 8.12. The minimum absolute atomic E-state index is 0.420. The van der Waals surface area contributed by atoms with Crippen molar-refractivity contribution in [2.24, 2.45) is 0 Å². The van der Waals surface area contributed by atoms with Crippen LogP contribution in [0.4, 0.5) is 11.4 Å². The normalized spacial score (nSPS) is 21.8. The van der Waals surface area contributed by atoms with Crippen LogP contribution in [-0.2, 0) is 0 Å². The molecular weight excluding hydrogens is 391 g/mol. The van der Waals surface area contributed by atoms with E-state index in [9.17, 15) is 0 Å². The second kappa shape index (κ2) is 6.15. The molecule has 0 amide bonds. The van der Waals surface area contributed by atoms with Crippen LogP contribution in [0.2, 0.25) is 15.1 Å². The van der Waals surface area contributed by atoms with Crippen LogP contribution in [0.1, 0.15) is 6.42 Å². The molecule has 4 nitrogen and oxygen atoms in total. The van der Waals surface area contributed by atoms with Gasteiger partial charge in [0.15, 0.2) is 0 Å². The zero-order valence-corrected chi connectivity index (χ0v) is 16.0. The van der Waals surface area contributed by atoms with Crippen molar-refractivity contribution in [1.82, 2.24) is 10.2 Å². The first-order valence-corrected chi connectivity index (χ1v) is 9.63. The van der Waals surface area contributed by atoms with E-state index in [-0.39, 0.29) is 0 Å². The van der Waals surface area contributed by atoms with Gasteiger partial charge >= 0.3 is 0 Å². The largest absolute Gasteiger partial charge is 0.365 e. The van der Waals surface area contributed by atoms with Gasteiger partial charge in [-0.2, -0.15) is 5.10 Å². The zero-order chi connectivity index (χ0) is 17.8. The lowest BCUT2D eigenvalue weighted by atomic mass is 10.1. The molecule has 2 aromatic carbocycles. The third-order valence-electron chi connectivity index (χ3n) is 5.33. The summed E-state index contributed by atoms with van der Waals surface area (Å²) in [4.78, 5) is 4.84. The topological polar surface area (TPSA) is 32.3 Å². The number of anilines is 2. The number of fused-ring (bicyclic) bond motifs is 3. The van der Waals surface area contributed by atoms with E-state index in [1.54, 1.807) is 6.07 Å². The lowest BCUT2D eigenvalue weighted by Crippen LogP contribution is -2.46. The fourth-order valence-electron chi connectivity index (χ4n) is 4.25. The summed E-state index contributed by atoms with van der Waals surface area (Å²) in [5.74, 6) is 0. The highest BCUT2D eigenvalue weighted by Crippen LogP contribution is 2.40. The highest BCUT2D eigenvalue weighted by molar-refractivity contribution is 6.35. The smallest absolute Gasteiger partial charge is 0.114 e.